The van der Waals surface area contributed by atoms with E-state index in [0.717, 1.165) is 6.07 Å². The molecule has 2 aromatic rings. The largest absolute Gasteiger partial charge is 0.453 e. The van der Waals surface area contributed by atoms with Gasteiger partial charge in [0, 0.05) is 7.05 Å². The van der Waals surface area contributed by atoms with Gasteiger partial charge in [0.05, 0.1) is 17.9 Å². The van der Waals surface area contributed by atoms with E-state index in [1.165, 1.54) is 12.1 Å². The highest BCUT2D eigenvalue weighted by atomic mass is 19.4. The van der Waals surface area contributed by atoms with E-state index in [4.69, 9.17) is 9.84 Å². The molecule has 0 atom stereocenters. The second-order valence-electron chi connectivity index (χ2n) is 4.70. The predicted molar refractivity (Wildman–Crippen MR) is 70.1 cm³/mol. The maximum Gasteiger partial charge on any atom is 0.416 e. The lowest BCUT2D eigenvalue weighted by Crippen LogP contribution is -2.09. The second-order valence-corrected chi connectivity index (χ2v) is 4.70. The van der Waals surface area contributed by atoms with Crippen LogP contribution in [0.1, 0.15) is 22.5 Å². The zero-order valence-corrected chi connectivity index (χ0v) is 11.8. The minimum atomic E-state index is -4.55. The molecule has 114 valence electrons. The molecule has 0 spiro atoms. The van der Waals surface area contributed by atoms with Crippen LogP contribution in [0.5, 0.6) is 11.5 Å². The Morgan fingerprint density at radius 3 is 2.43 bits per heavy atom. The molecule has 1 aromatic carbocycles. The van der Waals surface area contributed by atoms with E-state index in [0.29, 0.717) is 17.1 Å². The lowest BCUT2D eigenvalue weighted by molar-refractivity contribution is -0.138. The van der Waals surface area contributed by atoms with Crippen LogP contribution in [-0.2, 0) is 19.8 Å². The highest BCUT2D eigenvalue weighted by Crippen LogP contribution is 2.36. The summed E-state index contributed by atoms with van der Waals surface area (Å²) >= 11 is 0. The molecule has 0 unspecified atom stereocenters. The molecule has 1 aromatic heterocycles. The Balaban J connectivity index is 2.42. The quantitative estimate of drug-likeness (QED) is 0.945. The molecule has 0 aliphatic rings. The third kappa shape index (κ3) is 3.02. The Labute approximate surface area is 119 Å². The summed E-state index contributed by atoms with van der Waals surface area (Å²) in [7, 11) is 1.73. The number of aliphatic hydroxyl groups excluding tert-OH is 1. The van der Waals surface area contributed by atoms with Crippen molar-refractivity contribution in [3.05, 3.63) is 40.7 Å². The molecule has 1 heterocycles. The van der Waals surface area contributed by atoms with Gasteiger partial charge in [0.2, 0.25) is 0 Å². The van der Waals surface area contributed by atoms with Crippen molar-refractivity contribution in [2.24, 2.45) is 7.05 Å². The maximum absolute atomic E-state index is 12.9. The molecule has 0 fully saturated rings. The van der Waals surface area contributed by atoms with Gasteiger partial charge >= 0.3 is 6.18 Å². The fourth-order valence-corrected chi connectivity index (χ4v) is 2.04. The van der Waals surface area contributed by atoms with E-state index in [-0.39, 0.29) is 11.3 Å². The van der Waals surface area contributed by atoms with Crippen LogP contribution in [0.3, 0.4) is 0 Å². The topological polar surface area (TPSA) is 47.3 Å². The molecule has 0 radical (unpaired) electrons. The Hall–Kier alpha value is -2.02. The number of rotatable bonds is 3. The molecule has 21 heavy (non-hydrogen) atoms. The number of aryl methyl sites for hydroxylation is 2. The van der Waals surface area contributed by atoms with Gasteiger partial charge in [0.25, 0.3) is 0 Å². The first-order valence-corrected chi connectivity index (χ1v) is 6.23. The van der Waals surface area contributed by atoms with E-state index in [1.54, 1.807) is 25.6 Å². The minimum Gasteiger partial charge on any atom is -0.453 e. The Kier molecular flexibility index (Phi) is 3.95. The summed E-state index contributed by atoms with van der Waals surface area (Å²) in [5.41, 5.74) is 0.221. The molecular formula is C14H15F3N2O2. The van der Waals surface area contributed by atoms with Crippen LogP contribution in [-0.4, -0.2) is 14.9 Å². The van der Waals surface area contributed by atoms with Gasteiger partial charge in [-0.25, -0.2) is 0 Å². The lowest BCUT2D eigenvalue weighted by Gasteiger charge is -2.13. The van der Waals surface area contributed by atoms with Gasteiger partial charge < -0.3 is 9.84 Å². The zero-order valence-electron chi connectivity index (χ0n) is 11.8. The summed E-state index contributed by atoms with van der Waals surface area (Å²) in [6.45, 7) is 2.80. The summed E-state index contributed by atoms with van der Waals surface area (Å²) in [4.78, 5) is 0. The molecular weight excluding hydrogens is 285 g/mol. The van der Waals surface area contributed by atoms with Crippen LogP contribution < -0.4 is 4.74 Å². The SMILES string of the molecule is Cc1nn(C)c(C)c1Oc1ccc(CO)c(C(F)(F)F)c1. The molecule has 0 aliphatic carbocycles. The van der Waals surface area contributed by atoms with Crippen molar-refractivity contribution in [2.45, 2.75) is 26.6 Å². The van der Waals surface area contributed by atoms with Gasteiger partial charge in [-0.1, -0.05) is 6.07 Å². The smallest absolute Gasteiger partial charge is 0.416 e. The number of nitrogens with zero attached hydrogens (tertiary/aromatic N) is 2. The highest BCUT2D eigenvalue weighted by Gasteiger charge is 2.33. The molecule has 0 bridgehead atoms. The van der Waals surface area contributed by atoms with E-state index >= 15 is 0 Å². The van der Waals surface area contributed by atoms with Gasteiger partial charge in [-0.3, -0.25) is 4.68 Å². The summed E-state index contributed by atoms with van der Waals surface area (Å²) in [5.74, 6) is 0.487. The summed E-state index contributed by atoms with van der Waals surface area (Å²) < 4.78 is 45.9. The van der Waals surface area contributed by atoms with Crippen LogP contribution in [0, 0.1) is 13.8 Å². The summed E-state index contributed by atoms with van der Waals surface area (Å²) in [5, 5.41) is 13.1. The Morgan fingerprint density at radius 2 is 1.95 bits per heavy atom. The van der Waals surface area contributed by atoms with E-state index in [9.17, 15) is 13.2 Å². The average molecular weight is 300 g/mol. The predicted octanol–water partition coefficient (Wildman–Crippen LogP) is 3.34. The Bertz CT molecular complexity index is 663. The van der Waals surface area contributed by atoms with Crippen molar-refractivity contribution >= 4 is 0 Å². The van der Waals surface area contributed by atoms with Gasteiger partial charge in [-0.05, 0) is 31.5 Å². The minimum absolute atomic E-state index is 0.0544. The van der Waals surface area contributed by atoms with E-state index in [1.807, 2.05) is 0 Å². The maximum atomic E-state index is 12.9. The zero-order chi connectivity index (χ0) is 15.8. The summed E-state index contributed by atoms with van der Waals surface area (Å²) in [6.07, 6.45) is -4.55. The van der Waals surface area contributed by atoms with Gasteiger partial charge in [0.1, 0.15) is 11.4 Å². The van der Waals surface area contributed by atoms with Crippen LogP contribution in [0.15, 0.2) is 18.2 Å². The number of halogens is 3. The normalized spacial score (nSPS) is 11.8. The van der Waals surface area contributed by atoms with Crippen molar-refractivity contribution in [2.75, 3.05) is 0 Å². The fraction of sp³-hybridized carbons (Fsp3) is 0.357. The fourth-order valence-electron chi connectivity index (χ4n) is 2.04. The highest BCUT2D eigenvalue weighted by molar-refractivity contribution is 5.42. The Morgan fingerprint density at radius 1 is 1.29 bits per heavy atom. The van der Waals surface area contributed by atoms with Gasteiger partial charge in [0.15, 0.2) is 5.75 Å². The van der Waals surface area contributed by atoms with Gasteiger partial charge in [-0.2, -0.15) is 18.3 Å². The van der Waals surface area contributed by atoms with Crippen molar-refractivity contribution < 1.29 is 23.0 Å². The third-order valence-electron chi connectivity index (χ3n) is 3.22. The van der Waals surface area contributed by atoms with Crippen molar-refractivity contribution in [1.82, 2.24) is 9.78 Å². The monoisotopic (exact) mass is 300 g/mol. The second kappa shape index (κ2) is 5.40. The van der Waals surface area contributed by atoms with E-state index < -0.39 is 18.3 Å². The molecule has 1 N–H and O–H groups in total. The van der Waals surface area contributed by atoms with Crippen LogP contribution in [0.4, 0.5) is 13.2 Å². The molecule has 2 rings (SSSR count). The molecule has 0 aliphatic heterocycles. The molecule has 0 amide bonds. The number of alkyl halides is 3. The number of aliphatic hydroxyl groups is 1. The number of aromatic nitrogens is 2. The lowest BCUT2D eigenvalue weighted by atomic mass is 10.1. The van der Waals surface area contributed by atoms with Gasteiger partial charge in [-0.15, -0.1) is 0 Å². The standard InChI is InChI=1S/C14H15F3N2O2/c1-8-13(9(2)19(3)18-8)21-11-5-4-10(7-20)12(6-11)14(15,16)17/h4-6,20H,7H2,1-3H3. The average Bonchev–Trinajstić information content (AvgIpc) is 2.64. The number of benzene rings is 1. The molecule has 0 saturated carbocycles. The number of hydrogen-bond donors (Lipinski definition) is 1. The first kappa shape index (κ1) is 15.4. The molecule has 7 heteroatoms. The van der Waals surface area contributed by atoms with Crippen LogP contribution >= 0.6 is 0 Å². The van der Waals surface area contributed by atoms with Crippen molar-refractivity contribution in [3.63, 3.8) is 0 Å². The van der Waals surface area contributed by atoms with Crippen molar-refractivity contribution in [3.8, 4) is 11.5 Å². The van der Waals surface area contributed by atoms with Crippen LogP contribution in [0.2, 0.25) is 0 Å². The molecule has 4 nitrogen and oxygen atoms in total. The first-order valence-electron chi connectivity index (χ1n) is 6.23. The van der Waals surface area contributed by atoms with E-state index in [2.05, 4.69) is 5.10 Å². The van der Waals surface area contributed by atoms with Crippen molar-refractivity contribution in [1.29, 1.82) is 0 Å². The first-order chi connectivity index (χ1) is 9.74. The number of ether oxygens (including phenoxy) is 1. The third-order valence-corrected chi connectivity index (χ3v) is 3.22. The number of hydrogen-bond acceptors (Lipinski definition) is 3. The van der Waals surface area contributed by atoms with Crippen LogP contribution in [0.25, 0.3) is 0 Å². The summed E-state index contributed by atoms with van der Waals surface area (Å²) in [6, 6.07) is 3.49. The molecule has 0 saturated heterocycles.